The zero-order valence-electron chi connectivity index (χ0n) is 12.1. The summed E-state index contributed by atoms with van der Waals surface area (Å²) in [5.74, 6) is 0.529. The number of thiazole rings is 1. The Bertz CT molecular complexity index is 847. The molecule has 0 aliphatic carbocycles. The summed E-state index contributed by atoms with van der Waals surface area (Å²) < 4.78 is 34.8. The molecular formula is C14H14N2O5S2. The molecule has 0 radical (unpaired) electrons. The van der Waals surface area contributed by atoms with E-state index in [4.69, 9.17) is 9.47 Å². The summed E-state index contributed by atoms with van der Waals surface area (Å²) in [4.78, 5) is 16.5. The molecule has 23 heavy (non-hydrogen) atoms. The number of anilines is 1. The van der Waals surface area contributed by atoms with Crippen molar-refractivity contribution in [3.8, 4) is 11.5 Å². The Kier molecular flexibility index (Phi) is 3.42. The number of carbonyl (C=O) groups is 1. The number of carbonyl (C=O) groups excluding carboxylic acids is 1. The van der Waals surface area contributed by atoms with E-state index in [1.165, 1.54) is 11.3 Å². The van der Waals surface area contributed by atoms with Crippen LogP contribution in [0, 0.1) is 5.92 Å². The van der Waals surface area contributed by atoms with Crippen molar-refractivity contribution in [1.29, 1.82) is 0 Å². The monoisotopic (exact) mass is 354 g/mol. The van der Waals surface area contributed by atoms with E-state index in [-0.39, 0.29) is 17.4 Å². The molecule has 2 aliphatic rings. The molecule has 2 aliphatic heterocycles. The summed E-state index contributed by atoms with van der Waals surface area (Å²) in [6.45, 7) is 1.01. The van der Waals surface area contributed by atoms with Gasteiger partial charge >= 0.3 is 0 Å². The molecule has 0 bridgehead atoms. The van der Waals surface area contributed by atoms with E-state index in [0.717, 1.165) is 4.70 Å². The fourth-order valence-electron chi connectivity index (χ4n) is 2.73. The number of hydrogen-bond donors (Lipinski definition) is 1. The molecule has 1 N–H and O–H groups in total. The molecule has 122 valence electrons. The van der Waals surface area contributed by atoms with Crippen molar-refractivity contribution in [3.05, 3.63) is 12.1 Å². The van der Waals surface area contributed by atoms with Gasteiger partial charge in [0.05, 0.1) is 27.6 Å². The Hall–Kier alpha value is -1.87. The number of sulfone groups is 1. The largest absolute Gasteiger partial charge is 0.486 e. The van der Waals surface area contributed by atoms with Crippen molar-refractivity contribution < 1.29 is 22.7 Å². The second-order valence-electron chi connectivity index (χ2n) is 5.57. The predicted molar refractivity (Wildman–Crippen MR) is 86.0 cm³/mol. The maximum Gasteiger partial charge on any atom is 0.230 e. The molecule has 9 heteroatoms. The van der Waals surface area contributed by atoms with Crippen LogP contribution in [0.15, 0.2) is 12.1 Å². The lowest BCUT2D eigenvalue weighted by Gasteiger charge is -2.17. The Balaban J connectivity index is 1.56. The maximum absolute atomic E-state index is 12.2. The van der Waals surface area contributed by atoms with Crippen molar-refractivity contribution in [2.24, 2.45) is 5.92 Å². The molecule has 1 aromatic carbocycles. The third kappa shape index (κ3) is 2.86. The lowest BCUT2D eigenvalue weighted by atomic mass is 10.1. The average Bonchev–Trinajstić information content (AvgIpc) is 3.06. The first kappa shape index (κ1) is 14.7. The molecule has 1 amide bonds. The van der Waals surface area contributed by atoms with Gasteiger partial charge in [-0.05, 0) is 6.42 Å². The quantitative estimate of drug-likeness (QED) is 0.877. The number of hydrogen-bond acceptors (Lipinski definition) is 7. The molecule has 3 heterocycles. The Labute approximate surface area is 136 Å². The van der Waals surface area contributed by atoms with Gasteiger partial charge in [0.15, 0.2) is 26.5 Å². The Morgan fingerprint density at radius 1 is 1.26 bits per heavy atom. The first-order chi connectivity index (χ1) is 11.0. The summed E-state index contributed by atoms with van der Waals surface area (Å²) in [5.41, 5.74) is 0.716. The van der Waals surface area contributed by atoms with Gasteiger partial charge in [0.2, 0.25) is 5.91 Å². The molecule has 0 saturated carbocycles. The number of fused-ring (bicyclic) bond motifs is 2. The van der Waals surface area contributed by atoms with Crippen LogP contribution in [-0.4, -0.2) is 44.0 Å². The van der Waals surface area contributed by atoms with E-state index in [9.17, 15) is 13.2 Å². The zero-order valence-corrected chi connectivity index (χ0v) is 13.7. The van der Waals surface area contributed by atoms with Crippen molar-refractivity contribution in [2.45, 2.75) is 6.42 Å². The van der Waals surface area contributed by atoms with E-state index in [0.29, 0.717) is 41.8 Å². The number of amides is 1. The molecule has 1 unspecified atom stereocenters. The van der Waals surface area contributed by atoms with Gasteiger partial charge < -0.3 is 14.8 Å². The summed E-state index contributed by atoms with van der Waals surface area (Å²) in [6, 6.07) is 3.63. The van der Waals surface area contributed by atoms with Crippen LogP contribution in [0.2, 0.25) is 0 Å². The maximum atomic E-state index is 12.2. The van der Waals surface area contributed by atoms with E-state index in [2.05, 4.69) is 10.3 Å². The molecule has 1 atom stereocenters. The van der Waals surface area contributed by atoms with Crippen molar-refractivity contribution in [3.63, 3.8) is 0 Å². The van der Waals surface area contributed by atoms with Crippen LogP contribution < -0.4 is 14.8 Å². The van der Waals surface area contributed by atoms with Crippen molar-refractivity contribution in [2.75, 3.05) is 30.0 Å². The summed E-state index contributed by atoms with van der Waals surface area (Å²) in [5, 5.41) is 3.18. The minimum atomic E-state index is -3.08. The normalized spacial score (nSPS) is 22.2. The molecule has 1 saturated heterocycles. The lowest BCUT2D eigenvalue weighted by molar-refractivity contribution is -0.119. The second-order valence-corrected chi connectivity index (χ2v) is 8.83. The number of benzene rings is 1. The van der Waals surface area contributed by atoms with Crippen molar-refractivity contribution in [1.82, 2.24) is 4.98 Å². The molecular weight excluding hydrogens is 340 g/mol. The van der Waals surface area contributed by atoms with Gasteiger partial charge in [-0.25, -0.2) is 13.4 Å². The van der Waals surface area contributed by atoms with Gasteiger partial charge in [-0.2, -0.15) is 0 Å². The molecule has 7 nitrogen and oxygen atoms in total. The highest BCUT2D eigenvalue weighted by Crippen LogP contribution is 2.38. The third-order valence-electron chi connectivity index (χ3n) is 3.89. The lowest BCUT2D eigenvalue weighted by Crippen LogP contribution is -2.23. The summed E-state index contributed by atoms with van der Waals surface area (Å²) in [6.07, 6.45) is 0.370. The van der Waals surface area contributed by atoms with Crippen LogP contribution in [0.1, 0.15) is 6.42 Å². The second kappa shape index (κ2) is 5.34. The van der Waals surface area contributed by atoms with E-state index in [1.807, 2.05) is 6.07 Å². The SMILES string of the molecule is O=C(Nc1nc2cc3c(cc2s1)OCCO3)C1CCS(=O)(=O)C1. The molecule has 4 rings (SSSR count). The van der Waals surface area contributed by atoms with E-state index < -0.39 is 15.8 Å². The van der Waals surface area contributed by atoms with Crippen LogP contribution >= 0.6 is 11.3 Å². The summed E-state index contributed by atoms with van der Waals surface area (Å²) in [7, 11) is -3.08. The molecule has 2 aromatic rings. The van der Waals surface area contributed by atoms with Gasteiger partial charge in [-0.3, -0.25) is 4.79 Å². The number of nitrogens with one attached hydrogen (secondary N) is 1. The van der Waals surface area contributed by atoms with Gasteiger partial charge in [-0.15, -0.1) is 0 Å². The van der Waals surface area contributed by atoms with Gasteiger partial charge in [0.1, 0.15) is 13.2 Å². The van der Waals surface area contributed by atoms with Gasteiger partial charge in [0.25, 0.3) is 0 Å². The van der Waals surface area contributed by atoms with Crippen LogP contribution in [0.5, 0.6) is 11.5 Å². The Morgan fingerprint density at radius 2 is 2.00 bits per heavy atom. The van der Waals surface area contributed by atoms with E-state index >= 15 is 0 Å². The molecule has 0 spiro atoms. The highest BCUT2D eigenvalue weighted by molar-refractivity contribution is 7.91. The number of rotatable bonds is 2. The van der Waals surface area contributed by atoms with Crippen molar-refractivity contribution >= 4 is 42.4 Å². The van der Waals surface area contributed by atoms with Gasteiger partial charge in [0, 0.05) is 12.1 Å². The predicted octanol–water partition coefficient (Wildman–Crippen LogP) is 1.44. The third-order valence-corrected chi connectivity index (χ3v) is 6.59. The fourth-order valence-corrected chi connectivity index (χ4v) is 5.35. The standard InChI is InChI=1S/C14H14N2O5S2/c17-13(8-1-4-23(18,19)7-8)16-14-15-9-5-10-11(6-12(9)22-14)21-3-2-20-10/h5-6,8H,1-4,7H2,(H,15,16,17). The minimum Gasteiger partial charge on any atom is -0.486 e. The van der Waals surface area contributed by atoms with E-state index in [1.54, 1.807) is 6.07 Å². The Morgan fingerprint density at radius 3 is 2.70 bits per heavy atom. The number of ether oxygens (including phenoxy) is 2. The fraction of sp³-hybridized carbons (Fsp3) is 0.429. The summed E-state index contributed by atoms with van der Waals surface area (Å²) >= 11 is 1.33. The van der Waals surface area contributed by atoms with Crippen LogP contribution in [-0.2, 0) is 14.6 Å². The number of nitrogens with zero attached hydrogens (tertiary/aromatic N) is 1. The van der Waals surface area contributed by atoms with Crippen LogP contribution in [0.25, 0.3) is 10.2 Å². The van der Waals surface area contributed by atoms with Gasteiger partial charge in [-0.1, -0.05) is 11.3 Å². The first-order valence-electron chi connectivity index (χ1n) is 7.22. The minimum absolute atomic E-state index is 0.0757. The average molecular weight is 354 g/mol. The smallest absolute Gasteiger partial charge is 0.230 e. The van der Waals surface area contributed by atoms with Crippen LogP contribution in [0.3, 0.4) is 0 Å². The highest BCUT2D eigenvalue weighted by atomic mass is 32.2. The highest BCUT2D eigenvalue weighted by Gasteiger charge is 2.33. The topological polar surface area (TPSA) is 94.6 Å². The number of aromatic nitrogens is 1. The molecule has 1 fully saturated rings. The molecule has 1 aromatic heterocycles. The van der Waals surface area contributed by atoms with Crippen LogP contribution in [0.4, 0.5) is 5.13 Å². The first-order valence-corrected chi connectivity index (χ1v) is 9.85. The zero-order chi connectivity index (χ0) is 16.0.